The third-order valence-electron chi connectivity index (χ3n) is 2.89. The average molecular weight is 344 g/mol. The highest BCUT2D eigenvalue weighted by Gasteiger charge is 2.29. The normalized spacial score (nSPS) is 11.5. The third-order valence-corrected chi connectivity index (χ3v) is 3.63. The number of aryl methyl sites for hydroxylation is 2. The Kier molecular flexibility index (Phi) is 5.30. The van der Waals surface area contributed by atoms with Gasteiger partial charge in [-0.3, -0.25) is 4.79 Å². The molecule has 2 aromatic rings. The molecule has 0 saturated carbocycles. The van der Waals surface area contributed by atoms with Gasteiger partial charge in [-0.25, -0.2) is 9.67 Å². The first-order valence-corrected chi connectivity index (χ1v) is 7.69. The molecule has 0 radical (unpaired) electrons. The van der Waals surface area contributed by atoms with Crippen LogP contribution in [-0.2, 0) is 11.3 Å². The Labute approximate surface area is 135 Å². The standard InChI is InChI=1S/C14H15F3N4OS/c1-9-5-10(2)21(20-9)12-4-3-11(6-18-12)7-19-13(22)8-23-14(15,16)17/h3-6H,7-8H2,1-2H3,(H,19,22). The highest BCUT2D eigenvalue weighted by atomic mass is 32.2. The second-order valence-corrected chi connectivity index (χ2v) is 5.91. The molecule has 1 amide bonds. The topological polar surface area (TPSA) is 59.8 Å². The number of hydrogen-bond donors (Lipinski definition) is 1. The summed E-state index contributed by atoms with van der Waals surface area (Å²) in [4.78, 5) is 15.6. The van der Waals surface area contributed by atoms with Crippen LogP contribution in [0.25, 0.3) is 5.82 Å². The van der Waals surface area contributed by atoms with E-state index in [4.69, 9.17) is 0 Å². The smallest absolute Gasteiger partial charge is 0.351 e. The zero-order valence-corrected chi connectivity index (χ0v) is 13.3. The third kappa shape index (κ3) is 5.27. The molecule has 0 fully saturated rings. The van der Waals surface area contributed by atoms with Crippen molar-refractivity contribution >= 4 is 17.7 Å². The number of nitrogens with zero attached hydrogens (tertiary/aromatic N) is 3. The molecule has 1 N–H and O–H groups in total. The van der Waals surface area contributed by atoms with Gasteiger partial charge in [0.05, 0.1) is 11.4 Å². The van der Waals surface area contributed by atoms with Gasteiger partial charge in [0.2, 0.25) is 5.91 Å². The van der Waals surface area contributed by atoms with Crippen LogP contribution >= 0.6 is 11.8 Å². The summed E-state index contributed by atoms with van der Waals surface area (Å²) >= 11 is -0.359. The quantitative estimate of drug-likeness (QED) is 0.906. The minimum atomic E-state index is -4.40. The van der Waals surface area contributed by atoms with Gasteiger partial charge in [-0.2, -0.15) is 18.3 Å². The number of nitrogens with one attached hydrogen (secondary N) is 1. The lowest BCUT2D eigenvalue weighted by Gasteiger charge is -2.08. The summed E-state index contributed by atoms with van der Waals surface area (Å²) in [6.07, 6.45) is 1.56. The first-order chi connectivity index (χ1) is 10.7. The summed E-state index contributed by atoms with van der Waals surface area (Å²) < 4.78 is 37.6. The van der Waals surface area contributed by atoms with Gasteiger partial charge in [0.15, 0.2) is 5.82 Å². The molecule has 0 bridgehead atoms. The lowest BCUT2D eigenvalue weighted by molar-refractivity contribution is -0.119. The van der Waals surface area contributed by atoms with Gasteiger partial charge in [-0.05, 0) is 43.3 Å². The van der Waals surface area contributed by atoms with Crippen molar-refractivity contribution in [2.45, 2.75) is 25.9 Å². The molecule has 2 heterocycles. The maximum atomic E-state index is 12.0. The first kappa shape index (κ1) is 17.3. The molecular formula is C14H15F3N4OS. The molecule has 23 heavy (non-hydrogen) atoms. The van der Waals surface area contributed by atoms with Crippen LogP contribution in [0.5, 0.6) is 0 Å². The van der Waals surface area contributed by atoms with E-state index in [0.717, 1.165) is 11.4 Å². The van der Waals surface area contributed by atoms with Gasteiger partial charge >= 0.3 is 5.51 Å². The monoisotopic (exact) mass is 344 g/mol. The fraction of sp³-hybridized carbons (Fsp3) is 0.357. The fourth-order valence-electron chi connectivity index (χ4n) is 1.91. The fourth-order valence-corrected chi connectivity index (χ4v) is 2.30. The summed E-state index contributed by atoms with van der Waals surface area (Å²) in [5.41, 5.74) is -1.89. The average Bonchev–Trinajstić information content (AvgIpc) is 2.81. The van der Waals surface area contributed by atoms with Crippen molar-refractivity contribution in [2.24, 2.45) is 0 Å². The molecule has 2 rings (SSSR count). The Balaban J connectivity index is 1.90. The van der Waals surface area contributed by atoms with Gasteiger partial charge in [-0.15, -0.1) is 0 Å². The number of halogens is 3. The number of aromatic nitrogens is 3. The predicted molar refractivity (Wildman–Crippen MR) is 81.2 cm³/mol. The Morgan fingerprint density at radius 1 is 1.35 bits per heavy atom. The number of amides is 1. The van der Waals surface area contributed by atoms with E-state index in [2.05, 4.69) is 15.4 Å². The summed E-state index contributed by atoms with van der Waals surface area (Å²) in [5.74, 6) is -0.686. The highest BCUT2D eigenvalue weighted by Crippen LogP contribution is 2.29. The van der Waals surface area contributed by atoms with E-state index in [1.54, 1.807) is 23.0 Å². The van der Waals surface area contributed by atoms with Crippen LogP contribution in [0.4, 0.5) is 13.2 Å². The number of rotatable bonds is 5. The second kappa shape index (κ2) is 7.03. The van der Waals surface area contributed by atoms with Crippen LogP contribution in [0.1, 0.15) is 17.0 Å². The Hall–Kier alpha value is -2.03. The Morgan fingerprint density at radius 2 is 2.09 bits per heavy atom. The van der Waals surface area contributed by atoms with Crippen molar-refractivity contribution < 1.29 is 18.0 Å². The second-order valence-electron chi connectivity index (χ2n) is 4.87. The zero-order valence-electron chi connectivity index (χ0n) is 12.5. The number of pyridine rings is 1. The first-order valence-electron chi connectivity index (χ1n) is 6.70. The number of hydrogen-bond acceptors (Lipinski definition) is 4. The molecule has 0 saturated heterocycles. The Bertz CT molecular complexity index is 682. The molecule has 2 aromatic heterocycles. The van der Waals surface area contributed by atoms with Crippen LogP contribution in [0.15, 0.2) is 24.4 Å². The molecule has 124 valence electrons. The molecule has 0 aliphatic carbocycles. The van der Waals surface area contributed by atoms with E-state index < -0.39 is 17.2 Å². The maximum absolute atomic E-state index is 12.0. The van der Waals surface area contributed by atoms with Gasteiger partial charge in [0, 0.05) is 18.4 Å². The lowest BCUT2D eigenvalue weighted by atomic mass is 10.3. The Morgan fingerprint density at radius 3 is 2.61 bits per heavy atom. The number of thioether (sulfide) groups is 1. The molecule has 0 aliphatic heterocycles. The van der Waals surface area contributed by atoms with E-state index >= 15 is 0 Å². The molecule has 0 atom stereocenters. The SMILES string of the molecule is Cc1cc(C)n(-c2ccc(CNC(=O)CSC(F)(F)F)cn2)n1. The summed E-state index contributed by atoms with van der Waals surface area (Å²) in [6.45, 7) is 3.92. The van der Waals surface area contributed by atoms with Gasteiger partial charge in [0.25, 0.3) is 0 Å². The van der Waals surface area contributed by atoms with E-state index in [0.29, 0.717) is 11.4 Å². The van der Waals surface area contributed by atoms with Crippen LogP contribution in [0.2, 0.25) is 0 Å². The number of carbonyl (C=O) groups excluding carboxylic acids is 1. The van der Waals surface area contributed by atoms with E-state index in [-0.39, 0.29) is 18.3 Å². The minimum Gasteiger partial charge on any atom is -0.351 e. The van der Waals surface area contributed by atoms with Crippen LogP contribution < -0.4 is 5.32 Å². The molecular weight excluding hydrogens is 329 g/mol. The molecule has 0 spiro atoms. The highest BCUT2D eigenvalue weighted by molar-refractivity contribution is 8.00. The van der Waals surface area contributed by atoms with Crippen molar-refractivity contribution in [1.29, 1.82) is 0 Å². The predicted octanol–water partition coefficient (Wildman–Crippen LogP) is 2.75. The summed E-state index contributed by atoms with van der Waals surface area (Å²) in [6, 6.07) is 5.41. The summed E-state index contributed by atoms with van der Waals surface area (Å²) in [7, 11) is 0. The van der Waals surface area contributed by atoms with Crippen LogP contribution in [-0.4, -0.2) is 31.9 Å². The van der Waals surface area contributed by atoms with Crippen molar-refractivity contribution in [3.05, 3.63) is 41.3 Å². The van der Waals surface area contributed by atoms with Crippen molar-refractivity contribution in [3.63, 3.8) is 0 Å². The van der Waals surface area contributed by atoms with E-state index in [1.165, 1.54) is 0 Å². The van der Waals surface area contributed by atoms with E-state index in [1.807, 2.05) is 19.9 Å². The van der Waals surface area contributed by atoms with Gasteiger partial charge < -0.3 is 5.32 Å². The molecule has 0 aliphatic rings. The molecule has 9 heteroatoms. The van der Waals surface area contributed by atoms with Crippen molar-refractivity contribution in [3.8, 4) is 5.82 Å². The zero-order chi connectivity index (χ0) is 17.0. The minimum absolute atomic E-state index is 0.127. The lowest BCUT2D eigenvalue weighted by Crippen LogP contribution is -2.26. The van der Waals surface area contributed by atoms with Gasteiger partial charge in [-0.1, -0.05) is 6.07 Å². The largest absolute Gasteiger partial charge is 0.442 e. The molecule has 0 aromatic carbocycles. The molecule has 5 nitrogen and oxygen atoms in total. The number of carbonyl (C=O) groups is 1. The van der Waals surface area contributed by atoms with Crippen molar-refractivity contribution in [1.82, 2.24) is 20.1 Å². The van der Waals surface area contributed by atoms with Crippen LogP contribution in [0, 0.1) is 13.8 Å². The number of alkyl halides is 3. The van der Waals surface area contributed by atoms with Crippen LogP contribution in [0.3, 0.4) is 0 Å². The van der Waals surface area contributed by atoms with Gasteiger partial charge in [0.1, 0.15) is 0 Å². The van der Waals surface area contributed by atoms with E-state index in [9.17, 15) is 18.0 Å². The summed E-state index contributed by atoms with van der Waals surface area (Å²) in [5, 5.41) is 6.73. The van der Waals surface area contributed by atoms with Crippen molar-refractivity contribution in [2.75, 3.05) is 5.75 Å². The molecule has 0 unspecified atom stereocenters. The maximum Gasteiger partial charge on any atom is 0.442 e.